The molecule has 176 valence electrons. The number of pyridine rings is 1. The molecule has 2 aromatic rings. The summed E-state index contributed by atoms with van der Waals surface area (Å²) in [5, 5.41) is 3.44. The first-order valence-electron chi connectivity index (χ1n) is 12.1. The molecule has 3 aliphatic rings. The van der Waals surface area contributed by atoms with Crippen LogP contribution in [0.3, 0.4) is 0 Å². The van der Waals surface area contributed by atoms with Crippen molar-refractivity contribution in [3.8, 4) is 0 Å². The van der Waals surface area contributed by atoms with Crippen LogP contribution in [0.2, 0.25) is 0 Å². The Morgan fingerprint density at radius 3 is 2.82 bits per heavy atom. The van der Waals surface area contributed by atoms with Crippen molar-refractivity contribution in [2.45, 2.75) is 83.5 Å². The average molecular weight is 452 g/mol. The zero-order valence-electron chi connectivity index (χ0n) is 19.6. The molecule has 0 bridgehead atoms. The predicted molar refractivity (Wildman–Crippen MR) is 127 cm³/mol. The van der Waals surface area contributed by atoms with Crippen LogP contribution in [0.1, 0.15) is 63.7 Å². The molecule has 33 heavy (non-hydrogen) atoms. The van der Waals surface area contributed by atoms with Crippen molar-refractivity contribution in [2.75, 3.05) is 16.8 Å². The van der Waals surface area contributed by atoms with E-state index in [9.17, 15) is 4.79 Å². The lowest BCUT2D eigenvalue weighted by atomic mass is 10.0. The number of ether oxygens (including phenoxy) is 3. The number of hydrogen-bond acceptors (Lipinski definition) is 6. The molecule has 2 saturated heterocycles. The predicted octanol–water partition coefficient (Wildman–Crippen LogP) is 4.88. The monoisotopic (exact) mass is 451 g/mol. The SMILES string of the molecule is CC(C)O[C@H]1CC[C@H](C(=O)N2Cc3cccnc3Nc3ccc(C4CCC(C)O4)cc32)OC1. The van der Waals surface area contributed by atoms with Gasteiger partial charge >= 0.3 is 0 Å². The Balaban J connectivity index is 1.44. The number of aromatic nitrogens is 1. The van der Waals surface area contributed by atoms with Crippen molar-refractivity contribution in [1.29, 1.82) is 0 Å². The number of nitrogens with zero attached hydrogens (tertiary/aromatic N) is 2. The highest BCUT2D eigenvalue weighted by Gasteiger charge is 2.35. The maximum Gasteiger partial charge on any atom is 0.256 e. The van der Waals surface area contributed by atoms with Crippen LogP contribution >= 0.6 is 0 Å². The molecule has 2 fully saturated rings. The van der Waals surface area contributed by atoms with Crippen molar-refractivity contribution in [3.63, 3.8) is 0 Å². The molecule has 7 nitrogen and oxygen atoms in total. The van der Waals surface area contributed by atoms with E-state index in [0.717, 1.165) is 47.6 Å². The summed E-state index contributed by atoms with van der Waals surface area (Å²) in [5.74, 6) is 0.762. The van der Waals surface area contributed by atoms with E-state index in [4.69, 9.17) is 14.2 Å². The van der Waals surface area contributed by atoms with Crippen LogP contribution in [-0.2, 0) is 25.5 Å². The van der Waals surface area contributed by atoms with Crippen LogP contribution in [-0.4, -0.2) is 41.9 Å². The summed E-state index contributed by atoms with van der Waals surface area (Å²) >= 11 is 0. The number of rotatable bonds is 4. The molecule has 3 aliphatic heterocycles. The van der Waals surface area contributed by atoms with Gasteiger partial charge in [-0.15, -0.1) is 0 Å². The first kappa shape index (κ1) is 22.3. The summed E-state index contributed by atoms with van der Waals surface area (Å²) < 4.78 is 18.0. The number of benzene rings is 1. The van der Waals surface area contributed by atoms with Crippen molar-refractivity contribution >= 4 is 23.1 Å². The molecule has 4 heterocycles. The summed E-state index contributed by atoms with van der Waals surface area (Å²) in [6.07, 6.45) is 5.32. The normalized spacial score (nSPS) is 27.0. The third-order valence-corrected chi connectivity index (χ3v) is 6.63. The molecule has 0 saturated carbocycles. The van der Waals surface area contributed by atoms with Crippen LogP contribution in [0.25, 0.3) is 0 Å². The van der Waals surface area contributed by atoms with Crippen LogP contribution in [0.15, 0.2) is 36.5 Å². The van der Waals surface area contributed by atoms with Gasteiger partial charge in [-0.2, -0.15) is 0 Å². The van der Waals surface area contributed by atoms with E-state index in [0.29, 0.717) is 19.6 Å². The van der Waals surface area contributed by atoms with Gasteiger partial charge in [0, 0.05) is 11.8 Å². The third kappa shape index (κ3) is 4.76. The minimum Gasteiger partial charge on any atom is -0.373 e. The number of nitrogens with one attached hydrogen (secondary N) is 1. The molecule has 0 radical (unpaired) electrons. The van der Waals surface area contributed by atoms with Crippen molar-refractivity contribution in [2.24, 2.45) is 0 Å². The second-order valence-electron chi connectivity index (χ2n) is 9.56. The van der Waals surface area contributed by atoms with Gasteiger partial charge in [-0.3, -0.25) is 4.79 Å². The van der Waals surface area contributed by atoms with Crippen LogP contribution < -0.4 is 10.2 Å². The number of anilines is 3. The standard InChI is InChI=1S/C26H33N3O4/c1-16(2)32-20-8-11-24(31-15-20)26(30)29-14-19-5-4-12-27-25(19)28-21-9-7-18(13-22(21)29)23-10-6-17(3)33-23/h4-5,7,9,12-13,16-17,20,23-24H,6,8,10-11,14-15H2,1-3H3,(H,27,28)/t17?,20-,23?,24+/m0/s1. The molecule has 1 aromatic carbocycles. The fourth-order valence-corrected chi connectivity index (χ4v) is 4.97. The highest BCUT2D eigenvalue weighted by atomic mass is 16.5. The maximum atomic E-state index is 13.8. The Kier molecular flexibility index (Phi) is 6.36. The number of amides is 1. The lowest BCUT2D eigenvalue weighted by Crippen LogP contribution is -2.44. The minimum absolute atomic E-state index is 0.0180. The van der Waals surface area contributed by atoms with E-state index in [-0.39, 0.29) is 30.3 Å². The first-order chi connectivity index (χ1) is 16.0. The molecule has 0 aliphatic carbocycles. The zero-order chi connectivity index (χ0) is 22.9. The molecule has 5 rings (SSSR count). The Labute approximate surface area is 195 Å². The van der Waals surface area contributed by atoms with E-state index in [1.54, 1.807) is 6.20 Å². The van der Waals surface area contributed by atoms with Gasteiger partial charge in [0.25, 0.3) is 5.91 Å². The summed E-state index contributed by atoms with van der Waals surface area (Å²) in [6, 6.07) is 10.1. The van der Waals surface area contributed by atoms with Gasteiger partial charge in [-0.25, -0.2) is 4.98 Å². The average Bonchev–Trinajstić information content (AvgIpc) is 3.17. The van der Waals surface area contributed by atoms with Crippen LogP contribution in [0, 0.1) is 0 Å². The molecule has 4 atom stereocenters. The smallest absolute Gasteiger partial charge is 0.256 e. The van der Waals surface area contributed by atoms with Gasteiger partial charge in [0.05, 0.1) is 48.9 Å². The van der Waals surface area contributed by atoms with E-state index >= 15 is 0 Å². The fraction of sp³-hybridized carbons (Fsp3) is 0.538. The summed E-state index contributed by atoms with van der Waals surface area (Å²) in [4.78, 5) is 20.1. The number of hydrogen-bond donors (Lipinski definition) is 1. The number of fused-ring (bicyclic) bond motifs is 2. The van der Waals surface area contributed by atoms with E-state index in [1.165, 1.54) is 0 Å². The van der Waals surface area contributed by atoms with E-state index < -0.39 is 6.10 Å². The van der Waals surface area contributed by atoms with Gasteiger partial charge in [0.1, 0.15) is 11.9 Å². The molecule has 0 spiro atoms. The highest BCUT2D eigenvalue weighted by molar-refractivity contribution is 6.01. The van der Waals surface area contributed by atoms with Gasteiger partial charge in [-0.05, 0) is 70.2 Å². The molecular weight excluding hydrogens is 418 g/mol. The quantitative estimate of drug-likeness (QED) is 0.714. The summed E-state index contributed by atoms with van der Waals surface area (Å²) in [7, 11) is 0. The maximum absolute atomic E-state index is 13.8. The Morgan fingerprint density at radius 2 is 2.09 bits per heavy atom. The lowest BCUT2D eigenvalue weighted by Gasteiger charge is -2.33. The Morgan fingerprint density at radius 1 is 1.21 bits per heavy atom. The van der Waals surface area contributed by atoms with Gasteiger partial charge in [-0.1, -0.05) is 12.1 Å². The Bertz CT molecular complexity index is 1000. The van der Waals surface area contributed by atoms with Crippen LogP contribution in [0.4, 0.5) is 17.2 Å². The van der Waals surface area contributed by atoms with E-state index in [2.05, 4.69) is 29.4 Å². The lowest BCUT2D eigenvalue weighted by molar-refractivity contribution is -0.143. The van der Waals surface area contributed by atoms with Gasteiger partial charge in [0.15, 0.2) is 0 Å². The number of carbonyl (C=O) groups excluding carboxylic acids is 1. The minimum atomic E-state index is -0.477. The molecule has 1 N–H and O–H groups in total. The Hall–Kier alpha value is -2.48. The topological polar surface area (TPSA) is 72.9 Å². The van der Waals surface area contributed by atoms with Crippen molar-refractivity contribution in [1.82, 2.24) is 4.98 Å². The highest BCUT2D eigenvalue weighted by Crippen LogP contribution is 2.40. The molecule has 1 amide bonds. The zero-order valence-corrected chi connectivity index (χ0v) is 19.6. The molecule has 7 heteroatoms. The fourth-order valence-electron chi connectivity index (χ4n) is 4.97. The number of carbonyl (C=O) groups is 1. The van der Waals surface area contributed by atoms with E-state index in [1.807, 2.05) is 36.9 Å². The molecule has 2 unspecified atom stereocenters. The summed E-state index contributed by atoms with van der Waals surface area (Å²) in [5.41, 5.74) is 3.80. The van der Waals surface area contributed by atoms with Crippen molar-refractivity contribution < 1.29 is 19.0 Å². The van der Waals surface area contributed by atoms with Crippen LogP contribution in [0.5, 0.6) is 0 Å². The third-order valence-electron chi connectivity index (χ3n) is 6.63. The second-order valence-corrected chi connectivity index (χ2v) is 9.56. The summed E-state index contributed by atoms with van der Waals surface area (Å²) in [6.45, 7) is 7.05. The second kappa shape index (κ2) is 9.41. The van der Waals surface area contributed by atoms with Gasteiger partial charge < -0.3 is 24.4 Å². The van der Waals surface area contributed by atoms with Gasteiger partial charge in [0.2, 0.25) is 0 Å². The van der Waals surface area contributed by atoms with Crippen molar-refractivity contribution in [3.05, 3.63) is 47.7 Å². The molecular formula is C26H33N3O4. The largest absolute Gasteiger partial charge is 0.373 e. The molecule has 1 aromatic heterocycles. The first-order valence-corrected chi connectivity index (χ1v) is 12.1.